The number of carbonyl (C=O) groups excluding carboxylic acids is 2. The van der Waals surface area contributed by atoms with Crippen molar-refractivity contribution in [1.82, 2.24) is 0 Å². The summed E-state index contributed by atoms with van der Waals surface area (Å²) in [7, 11) is 1.48. The molecule has 2 saturated carbocycles. The number of ether oxygens (including phenoxy) is 1. The highest BCUT2D eigenvalue weighted by Crippen LogP contribution is 2.69. The summed E-state index contributed by atoms with van der Waals surface area (Å²) in [4.78, 5) is 25.0. The average molecular weight is 348 g/mol. The Bertz CT molecular complexity index is 609. The van der Waals surface area contributed by atoms with Crippen LogP contribution in [0.2, 0.25) is 0 Å². The van der Waals surface area contributed by atoms with Gasteiger partial charge in [0, 0.05) is 17.9 Å². The number of esters is 1. The Morgan fingerprint density at radius 2 is 2.08 bits per heavy atom. The molecule has 4 heteroatoms. The molecule has 1 N–H and O–H groups in total. The number of rotatable bonds is 3. The van der Waals surface area contributed by atoms with Crippen molar-refractivity contribution in [2.45, 2.75) is 65.7 Å². The van der Waals surface area contributed by atoms with Crippen LogP contribution in [0.25, 0.3) is 0 Å². The van der Waals surface area contributed by atoms with Crippen molar-refractivity contribution in [3.63, 3.8) is 0 Å². The Balaban J connectivity index is 2.13. The molecule has 1 unspecified atom stereocenters. The molecule has 0 aromatic carbocycles. The molecule has 0 aliphatic heterocycles. The minimum absolute atomic E-state index is 0.0165. The SMILES string of the molecule is COC(=O)[C@]1(C)CCC[C@@]2(C)[C@H]1CCC1=CC(=O)C(C)C[C@@]12CCO. The molecule has 0 bridgehead atoms. The van der Waals surface area contributed by atoms with Crippen molar-refractivity contribution < 1.29 is 19.4 Å². The predicted octanol–water partition coefficient (Wildman–Crippen LogP) is 3.67. The van der Waals surface area contributed by atoms with Gasteiger partial charge in [0.25, 0.3) is 0 Å². The molecule has 0 radical (unpaired) electrons. The van der Waals surface area contributed by atoms with Crippen LogP contribution in [0.5, 0.6) is 0 Å². The molecular formula is C21H32O4. The third kappa shape index (κ3) is 2.43. The fraction of sp³-hybridized carbons (Fsp3) is 0.810. The Kier molecular flexibility index (Phi) is 4.64. The van der Waals surface area contributed by atoms with Crippen molar-refractivity contribution in [2.24, 2.45) is 28.1 Å². The summed E-state index contributed by atoms with van der Waals surface area (Å²) in [5.41, 5.74) is 0.488. The van der Waals surface area contributed by atoms with Gasteiger partial charge in [-0.1, -0.05) is 25.8 Å². The number of fused-ring (bicyclic) bond motifs is 3. The van der Waals surface area contributed by atoms with Crippen LogP contribution in [0.1, 0.15) is 65.7 Å². The lowest BCUT2D eigenvalue weighted by Crippen LogP contribution is -2.60. The van der Waals surface area contributed by atoms with Crippen molar-refractivity contribution in [3.8, 4) is 0 Å². The second-order valence-corrected chi connectivity index (χ2v) is 9.00. The van der Waals surface area contributed by atoms with Crippen LogP contribution < -0.4 is 0 Å². The lowest BCUT2D eigenvalue weighted by molar-refractivity contribution is -0.177. The monoisotopic (exact) mass is 348 g/mol. The van der Waals surface area contributed by atoms with E-state index in [2.05, 4.69) is 13.8 Å². The van der Waals surface area contributed by atoms with E-state index in [-0.39, 0.29) is 41.0 Å². The Morgan fingerprint density at radius 3 is 2.72 bits per heavy atom. The zero-order valence-corrected chi connectivity index (χ0v) is 16.1. The standard InChI is InChI=1S/C21H32O4/c1-14-13-21(10-11-22)15(12-16(14)23)6-7-17-19(2,18(24)25-4)8-5-9-20(17,21)3/h12,14,17,22H,5-11,13H2,1-4H3/t14?,17-,19+,20-,21-/m0/s1. The highest BCUT2D eigenvalue weighted by molar-refractivity contribution is 5.93. The van der Waals surface area contributed by atoms with E-state index in [1.165, 1.54) is 12.7 Å². The number of carbonyl (C=O) groups is 2. The molecule has 140 valence electrons. The van der Waals surface area contributed by atoms with Crippen molar-refractivity contribution in [2.75, 3.05) is 13.7 Å². The summed E-state index contributed by atoms with van der Waals surface area (Å²) in [5, 5.41) is 9.89. The van der Waals surface area contributed by atoms with Gasteiger partial charge in [0.1, 0.15) is 0 Å². The number of aliphatic hydroxyl groups excluding tert-OH is 1. The molecule has 0 amide bonds. The first-order chi connectivity index (χ1) is 11.7. The summed E-state index contributed by atoms with van der Waals surface area (Å²) in [6.45, 7) is 6.50. The van der Waals surface area contributed by atoms with Gasteiger partial charge in [-0.15, -0.1) is 0 Å². The number of ketones is 1. The first kappa shape index (κ1) is 18.6. The van der Waals surface area contributed by atoms with Crippen LogP contribution in [-0.2, 0) is 14.3 Å². The maximum Gasteiger partial charge on any atom is 0.311 e. The molecule has 4 nitrogen and oxygen atoms in total. The maximum atomic E-state index is 12.7. The molecule has 3 aliphatic rings. The molecule has 0 saturated heterocycles. The lowest BCUT2D eigenvalue weighted by Gasteiger charge is -2.64. The zero-order valence-electron chi connectivity index (χ0n) is 16.1. The summed E-state index contributed by atoms with van der Waals surface area (Å²) < 4.78 is 5.20. The summed E-state index contributed by atoms with van der Waals surface area (Å²) in [6, 6.07) is 0. The van der Waals surface area contributed by atoms with Gasteiger partial charge in [0.2, 0.25) is 0 Å². The van der Waals surface area contributed by atoms with E-state index in [0.717, 1.165) is 38.5 Å². The lowest BCUT2D eigenvalue weighted by atomic mass is 9.39. The fourth-order valence-corrected chi connectivity index (χ4v) is 6.72. The molecule has 5 atom stereocenters. The second-order valence-electron chi connectivity index (χ2n) is 9.00. The molecule has 0 heterocycles. The number of allylic oxidation sites excluding steroid dienone is 2. The molecular weight excluding hydrogens is 316 g/mol. The van der Waals surface area contributed by atoms with Gasteiger partial charge in [-0.3, -0.25) is 9.59 Å². The number of aliphatic hydroxyl groups is 1. The van der Waals surface area contributed by atoms with Gasteiger partial charge in [-0.25, -0.2) is 0 Å². The molecule has 3 rings (SSSR count). The van der Waals surface area contributed by atoms with Crippen LogP contribution >= 0.6 is 0 Å². The molecule has 25 heavy (non-hydrogen) atoms. The van der Waals surface area contributed by atoms with E-state index in [0.29, 0.717) is 6.42 Å². The quantitative estimate of drug-likeness (QED) is 0.791. The van der Waals surface area contributed by atoms with E-state index < -0.39 is 5.41 Å². The summed E-state index contributed by atoms with van der Waals surface area (Å²) >= 11 is 0. The van der Waals surface area contributed by atoms with Crippen LogP contribution in [0.4, 0.5) is 0 Å². The molecule has 0 spiro atoms. The summed E-state index contributed by atoms with van der Waals surface area (Å²) in [5.74, 6) is 0.328. The largest absolute Gasteiger partial charge is 0.469 e. The third-order valence-electron chi connectivity index (χ3n) is 7.99. The highest BCUT2D eigenvalue weighted by atomic mass is 16.5. The van der Waals surface area contributed by atoms with E-state index in [1.807, 2.05) is 13.0 Å². The minimum Gasteiger partial charge on any atom is -0.469 e. The smallest absolute Gasteiger partial charge is 0.311 e. The van der Waals surface area contributed by atoms with Gasteiger partial charge < -0.3 is 9.84 Å². The highest BCUT2D eigenvalue weighted by Gasteiger charge is 2.64. The van der Waals surface area contributed by atoms with E-state index >= 15 is 0 Å². The van der Waals surface area contributed by atoms with Crippen LogP contribution in [0.15, 0.2) is 11.6 Å². The number of methoxy groups -OCH3 is 1. The summed E-state index contributed by atoms with van der Waals surface area (Å²) in [6.07, 6.45) is 8.01. The van der Waals surface area contributed by atoms with Gasteiger partial charge in [-0.2, -0.15) is 0 Å². The van der Waals surface area contributed by atoms with Crippen molar-refractivity contribution >= 4 is 11.8 Å². The van der Waals surface area contributed by atoms with Gasteiger partial charge in [-0.05, 0) is 62.9 Å². The van der Waals surface area contributed by atoms with Gasteiger partial charge in [0.15, 0.2) is 5.78 Å². The molecule has 0 aromatic heterocycles. The van der Waals surface area contributed by atoms with Crippen LogP contribution in [0.3, 0.4) is 0 Å². The average Bonchev–Trinajstić information content (AvgIpc) is 2.57. The maximum absolute atomic E-state index is 12.7. The number of hydrogen-bond donors (Lipinski definition) is 1. The second kappa shape index (κ2) is 6.22. The normalized spacial score (nSPS) is 43.7. The van der Waals surface area contributed by atoms with Crippen LogP contribution in [0, 0.1) is 28.1 Å². The molecule has 0 aromatic rings. The van der Waals surface area contributed by atoms with Crippen molar-refractivity contribution in [3.05, 3.63) is 11.6 Å². The van der Waals surface area contributed by atoms with Gasteiger partial charge in [0.05, 0.1) is 12.5 Å². The van der Waals surface area contributed by atoms with Crippen LogP contribution in [-0.4, -0.2) is 30.6 Å². The number of hydrogen-bond acceptors (Lipinski definition) is 4. The fourth-order valence-electron chi connectivity index (χ4n) is 6.72. The van der Waals surface area contributed by atoms with E-state index in [4.69, 9.17) is 4.74 Å². The minimum atomic E-state index is -0.472. The van der Waals surface area contributed by atoms with Gasteiger partial charge >= 0.3 is 5.97 Å². The topological polar surface area (TPSA) is 63.6 Å². The molecule has 3 aliphatic carbocycles. The Morgan fingerprint density at radius 1 is 1.36 bits per heavy atom. The van der Waals surface area contributed by atoms with E-state index in [1.54, 1.807) is 0 Å². The van der Waals surface area contributed by atoms with E-state index in [9.17, 15) is 14.7 Å². The first-order valence-corrected chi connectivity index (χ1v) is 9.69. The molecule has 2 fully saturated rings. The zero-order chi connectivity index (χ0) is 18.5. The Hall–Kier alpha value is -1.16. The predicted molar refractivity (Wildman–Crippen MR) is 95.8 cm³/mol. The first-order valence-electron chi connectivity index (χ1n) is 9.69. The van der Waals surface area contributed by atoms with Crippen molar-refractivity contribution in [1.29, 1.82) is 0 Å². The third-order valence-corrected chi connectivity index (χ3v) is 7.99. The Labute approximate surface area is 151 Å².